The average molecular weight is 500 g/mol. The van der Waals surface area contributed by atoms with Crippen LogP contribution in [0.25, 0.3) is 10.8 Å². The fourth-order valence-electron chi connectivity index (χ4n) is 5.10. The predicted octanol–water partition coefficient (Wildman–Crippen LogP) is 5.61. The molecule has 0 unspecified atom stereocenters. The first-order valence-corrected chi connectivity index (χ1v) is 13.3. The summed E-state index contributed by atoms with van der Waals surface area (Å²) in [6, 6.07) is 19.3. The maximum Gasteiger partial charge on any atom is 0.258 e. The molecule has 0 bridgehead atoms. The van der Waals surface area contributed by atoms with Crippen molar-refractivity contribution in [2.24, 2.45) is 0 Å². The van der Waals surface area contributed by atoms with Gasteiger partial charge in [-0.05, 0) is 56.2 Å². The third-order valence-corrected chi connectivity index (χ3v) is 7.24. The summed E-state index contributed by atoms with van der Waals surface area (Å²) in [5.74, 6) is -0.208. The van der Waals surface area contributed by atoms with Crippen LogP contribution in [0, 0.1) is 6.92 Å². The van der Waals surface area contributed by atoms with Gasteiger partial charge in [0.05, 0.1) is 5.69 Å². The fourth-order valence-corrected chi connectivity index (χ4v) is 5.10. The number of benzene rings is 3. The van der Waals surface area contributed by atoms with Gasteiger partial charge in [-0.25, -0.2) is 0 Å². The molecular formula is C31H37N3O3. The Kier molecular flexibility index (Phi) is 8.27. The Labute approximate surface area is 219 Å². The highest BCUT2D eigenvalue weighted by Gasteiger charge is 2.31. The number of amides is 3. The number of hydrogen-bond acceptors (Lipinski definition) is 3. The molecule has 0 aromatic heterocycles. The largest absolute Gasteiger partial charge is 0.352 e. The van der Waals surface area contributed by atoms with Gasteiger partial charge >= 0.3 is 0 Å². The number of rotatable bonds is 11. The Morgan fingerprint density at radius 2 is 1.73 bits per heavy atom. The molecule has 194 valence electrons. The lowest BCUT2D eigenvalue weighted by Crippen LogP contribution is -2.50. The van der Waals surface area contributed by atoms with Gasteiger partial charge in [0.2, 0.25) is 11.8 Å². The first-order chi connectivity index (χ1) is 17.8. The van der Waals surface area contributed by atoms with Crippen LogP contribution in [0.2, 0.25) is 0 Å². The summed E-state index contributed by atoms with van der Waals surface area (Å²) in [5, 5.41) is 5.08. The van der Waals surface area contributed by atoms with E-state index >= 15 is 0 Å². The molecule has 2 atom stereocenters. The highest BCUT2D eigenvalue weighted by Crippen LogP contribution is 2.37. The lowest BCUT2D eigenvalue weighted by molar-refractivity contribution is -0.141. The Bertz CT molecular complexity index is 1300. The third kappa shape index (κ3) is 5.68. The van der Waals surface area contributed by atoms with E-state index in [-0.39, 0.29) is 30.2 Å². The van der Waals surface area contributed by atoms with Gasteiger partial charge in [-0.3, -0.25) is 14.4 Å². The van der Waals surface area contributed by atoms with Crippen LogP contribution in [0.4, 0.5) is 5.69 Å². The SMILES string of the molecule is CC[C@H](C(=O)N[C@@H](C)CC)N(Cc1cccc(C)c1)C(=O)CCCN1C(=O)c2cccc3cccc1c23. The summed E-state index contributed by atoms with van der Waals surface area (Å²) in [6.07, 6.45) is 2.13. The molecule has 3 aromatic carbocycles. The highest BCUT2D eigenvalue weighted by molar-refractivity contribution is 6.25. The summed E-state index contributed by atoms with van der Waals surface area (Å²) in [6.45, 7) is 8.79. The minimum atomic E-state index is -0.548. The molecule has 6 nitrogen and oxygen atoms in total. The molecule has 37 heavy (non-hydrogen) atoms. The van der Waals surface area contributed by atoms with Gasteiger partial charge in [-0.1, -0.05) is 67.9 Å². The summed E-state index contributed by atoms with van der Waals surface area (Å²) in [7, 11) is 0. The molecule has 1 aliphatic heterocycles. The topological polar surface area (TPSA) is 69.7 Å². The Hall–Kier alpha value is -3.67. The van der Waals surface area contributed by atoms with Crippen LogP contribution >= 0.6 is 0 Å². The second-order valence-corrected chi connectivity index (χ2v) is 9.99. The van der Waals surface area contributed by atoms with Crippen molar-refractivity contribution in [3.8, 4) is 0 Å². The van der Waals surface area contributed by atoms with E-state index in [0.29, 0.717) is 31.5 Å². The van der Waals surface area contributed by atoms with Crippen molar-refractivity contribution in [1.29, 1.82) is 0 Å². The van der Waals surface area contributed by atoms with Crippen LogP contribution in [-0.4, -0.2) is 41.2 Å². The molecule has 6 heteroatoms. The monoisotopic (exact) mass is 499 g/mol. The number of carbonyl (C=O) groups excluding carboxylic acids is 3. The lowest BCUT2D eigenvalue weighted by Gasteiger charge is -2.32. The fraction of sp³-hybridized carbons (Fsp3) is 0.387. The molecule has 3 amide bonds. The zero-order valence-electron chi connectivity index (χ0n) is 22.3. The molecule has 0 fully saturated rings. The standard InChI is InChI=1S/C31H37N3O3/c1-5-22(4)32-30(36)26(6-2)34(20-23-12-7-11-21(3)19-23)28(35)17-10-18-33-27-16-9-14-24-13-8-15-25(29(24)27)31(33)37/h7-9,11-16,19,22,26H,5-6,10,17-18,20H2,1-4H3,(H,32,36)/t22-,26+/m0/s1. The summed E-state index contributed by atoms with van der Waals surface area (Å²) in [5.41, 5.74) is 3.73. The second-order valence-electron chi connectivity index (χ2n) is 9.99. The molecule has 4 rings (SSSR count). The molecule has 1 N–H and O–H groups in total. The number of aryl methyl sites for hydroxylation is 1. The van der Waals surface area contributed by atoms with E-state index in [4.69, 9.17) is 0 Å². The van der Waals surface area contributed by atoms with Crippen LogP contribution < -0.4 is 10.2 Å². The Balaban J connectivity index is 1.49. The number of nitrogens with one attached hydrogen (secondary N) is 1. The van der Waals surface area contributed by atoms with Crippen LogP contribution in [0.3, 0.4) is 0 Å². The Morgan fingerprint density at radius 1 is 1.00 bits per heavy atom. The second kappa shape index (κ2) is 11.6. The zero-order valence-corrected chi connectivity index (χ0v) is 22.3. The van der Waals surface area contributed by atoms with Gasteiger partial charge in [0.25, 0.3) is 5.91 Å². The average Bonchev–Trinajstić information content (AvgIpc) is 3.16. The summed E-state index contributed by atoms with van der Waals surface area (Å²) in [4.78, 5) is 43.4. The van der Waals surface area contributed by atoms with E-state index in [1.165, 1.54) is 0 Å². The molecule has 0 saturated carbocycles. The van der Waals surface area contributed by atoms with Crippen molar-refractivity contribution in [3.05, 3.63) is 77.4 Å². The summed E-state index contributed by atoms with van der Waals surface area (Å²) >= 11 is 0. The van der Waals surface area contributed by atoms with Gasteiger partial charge in [-0.2, -0.15) is 0 Å². The third-order valence-electron chi connectivity index (χ3n) is 7.24. The van der Waals surface area contributed by atoms with Crippen LogP contribution in [0.1, 0.15) is 67.9 Å². The maximum absolute atomic E-state index is 13.6. The van der Waals surface area contributed by atoms with Crippen molar-refractivity contribution in [3.63, 3.8) is 0 Å². The first-order valence-electron chi connectivity index (χ1n) is 13.3. The minimum absolute atomic E-state index is 0.0183. The smallest absolute Gasteiger partial charge is 0.258 e. The zero-order chi connectivity index (χ0) is 26.5. The van der Waals surface area contributed by atoms with Crippen molar-refractivity contribution in [2.75, 3.05) is 11.4 Å². The van der Waals surface area contributed by atoms with Crippen molar-refractivity contribution >= 4 is 34.2 Å². The maximum atomic E-state index is 13.6. The van der Waals surface area contributed by atoms with E-state index < -0.39 is 6.04 Å². The first kappa shape index (κ1) is 26.4. The van der Waals surface area contributed by atoms with E-state index in [1.807, 2.05) is 82.3 Å². The van der Waals surface area contributed by atoms with Gasteiger partial charge in [-0.15, -0.1) is 0 Å². The van der Waals surface area contributed by atoms with Gasteiger partial charge in [0.1, 0.15) is 6.04 Å². The lowest BCUT2D eigenvalue weighted by atomic mass is 10.1. The van der Waals surface area contributed by atoms with E-state index in [0.717, 1.165) is 34.0 Å². The van der Waals surface area contributed by atoms with Crippen molar-refractivity contribution < 1.29 is 14.4 Å². The predicted molar refractivity (Wildman–Crippen MR) is 149 cm³/mol. The number of carbonyl (C=O) groups is 3. The van der Waals surface area contributed by atoms with E-state index in [1.54, 1.807) is 9.80 Å². The normalized spacial score (nSPS) is 14.1. The van der Waals surface area contributed by atoms with E-state index in [9.17, 15) is 14.4 Å². The van der Waals surface area contributed by atoms with Crippen molar-refractivity contribution in [1.82, 2.24) is 10.2 Å². The van der Waals surface area contributed by atoms with E-state index in [2.05, 4.69) is 11.4 Å². The van der Waals surface area contributed by atoms with Crippen molar-refractivity contribution in [2.45, 2.75) is 72.0 Å². The highest BCUT2D eigenvalue weighted by atomic mass is 16.2. The van der Waals surface area contributed by atoms with Crippen LogP contribution in [0.15, 0.2) is 60.7 Å². The van der Waals surface area contributed by atoms with Gasteiger partial charge in [0.15, 0.2) is 0 Å². The minimum Gasteiger partial charge on any atom is -0.352 e. The molecule has 1 heterocycles. The molecule has 0 saturated heterocycles. The molecular weight excluding hydrogens is 462 g/mol. The number of hydrogen-bond donors (Lipinski definition) is 1. The van der Waals surface area contributed by atoms with Crippen LogP contribution in [-0.2, 0) is 16.1 Å². The van der Waals surface area contributed by atoms with Gasteiger partial charge < -0.3 is 15.1 Å². The number of anilines is 1. The summed E-state index contributed by atoms with van der Waals surface area (Å²) < 4.78 is 0. The molecule has 0 radical (unpaired) electrons. The van der Waals surface area contributed by atoms with Gasteiger partial charge in [0, 0.05) is 36.5 Å². The molecule has 0 aliphatic carbocycles. The molecule has 1 aliphatic rings. The molecule has 0 spiro atoms. The Morgan fingerprint density at radius 3 is 2.43 bits per heavy atom. The number of nitrogens with zero attached hydrogens (tertiary/aromatic N) is 2. The van der Waals surface area contributed by atoms with Crippen LogP contribution in [0.5, 0.6) is 0 Å². The quantitative estimate of drug-likeness (QED) is 0.373. The molecule has 3 aromatic rings.